The number of rotatable bonds is 4. The first kappa shape index (κ1) is 15.2. The molecular weight excluding hydrogens is 266 g/mol. The topological polar surface area (TPSA) is 149 Å². The molecule has 16 heavy (non-hydrogen) atoms. The summed E-state index contributed by atoms with van der Waals surface area (Å²) in [6.07, 6.45) is 0. The van der Waals surface area contributed by atoms with Gasteiger partial charge in [0.15, 0.2) is 10.1 Å². The first-order valence-corrected chi connectivity index (χ1v) is 6.52. The molecule has 0 saturated heterocycles. The molecule has 0 aromatic rings. The zero-order valence-electron chi connectivity index (χ0n) is 8.61. The Bertz CT molecular complexity index is 463. The Labute approximate surface area is 92.4 Å². The number of nitrogens with zero attached hydrogens (tertiary/aromatic N) is 1. The molecule has 0 aliphatic carbocycles. The number of carbonyl (C=O) groups is 1. The predicted molar refractivity (Wildman–Crippen MR) is 49.6 cm³/mol. The first-order valence-electron chi connectivity index (χ1n) is 3.67. The number of carboxylic acids is 1. The van der Waals surface area contributed by atoms with E-state index in [0.29, 0.717) is 0 Å². The molecular formula is C5H11NO8S2. The molecule has 0 saturated carbocycles. The van der Waals surface area contributed by atoms with Crippen LogP contribution in [0.5, 0.6) is 0 Å². The van der Waals surface area contributed by atoms with E-state index in [1.54, 1.807) is 0 Å². The molecule has 1 unspecified atom stereocenters. The second-order valence-electron chi connectivity index (χ2n) is 3.83. The maximum atomic E-state index is 11.0. The summed E-state index contributed by atoms with van der Waals surface area (Å²) in [4.78, 5) is 10.8. The lowest BCUT2D eigenvalue weighted by Crippen LogP contribution is -2.70. The van der Waals surface area contributed by atoms with Gasteiger partial charge < -0.3 is 9.66 Å². The maximum absolute atomic E-state index is 11.0. The summed E-state index contributed by atoms with van der Waals surface area (Å²) in [6, 6.07) is 0. The van der Waals surface area contributed by atoms with Crippen LogP contribution in [-0.4, -0.2) is 66.8 Å². The van der Waals surface area contributed by atoms with Gasteiger partial charge in [0.25, 0.3) is 0 Å². The molecule has 0 spiro atoms. The average Bonchev–Trinajstić information content (AvgIpc) is 1.71. The molecule has 0 aliphatic heterocycles. The molecule has 0 aromatic carbocycles. The largest absolute Gasteiger partial charge is 0.742 e. The fourth-order valence-electron chi connectivity index (χ4n) is 1.31. The number of aliphatic carboxylic acids is 1. The second kappa shape index (κ2) is 3.63. The van der Waals surface area contributed by atoms with E-state index in [-0.39, 0.29) is 0 Å². The monoisotopic (exact) mass is 277 g/mol. The number of carboxylic acid groups (broad SMARTS) is 1. The minimum Gasteiger partial charge on any atom is -0.742 e. The molecule has 0 rings (SSSR count). The third-order valence-electron chi connectivity index (χ3n) is 1.84. The molecule has 0 aromatic heterocycles. The van der Waals surface area contributed by atoms with Crippen molar-refractivity contribution in [1.82, 2.24) is 0 Å². The van der Waals surface area contributed by atoms with Crippen molar-refractivity contribution in [3.05, 3.63) is 0 Å². The molecule has 9 nitrogen and oxygen atoms in total. The molecule has 2 N–H and O–H groups in total. The van der Waals surface area contributed by atoms with Crippen molar-refractivity contribution in [2.75, 3.05) is 21.1 Å². The minimum absolute atomic E-state index is 0.845. The van der Waals surface area contributed by atoms with Crippen LogP contribution in [-0.2, 0) is 25.0 Å². The lowest BCUT2D eigenvalue weighted by Gasteiger charge is -2.40. The van der Waals surface area contributed by atoms with Crippen molar-refractivity contribution in [2.45, 2.75) is 4.20 Å². The Kier molecular flexibility index (Phi) is 3.46. The van der Waals surface area contributed by atoms with Gasteiger partial charge in [0, 0.05) is 0 Å². The Morgan fingerprint density at radius 2 is 1.50 bits per heavy atom. The number of likely N-dealkylation sites (N-methyl/N-ethyl adjacent to an activating group) is 1. The van der Waals surface area contributed by atoms with Gasteiger partial charge in [-0.05, 0) is 0 Å². The van der Waals surface area contributed by atoms with Crippen LogP contribution in [0.25, 0.3) is 0 Å². The van der Waals surface area contributed by atoms with Crippen LogP contribution in [0.3, 0.4) is 0 Å². The quantitative estimate of drug-likeness (QED) is 0.437. The Balaban J connectivity index is 6.68. The molecule has 96 valence electrons. The molecule has 0 radical (unpaired) electrons. The molecule has 1 atom stereocenters. The van der Waals surface area contributed by atoms with Gasteiger partial charge in [-0.1, -0.05) is 0 Å². The molecule has 0 amide bonds. The third-order valence-corrected chi connectivity index (χ3v) is 5.91. The summed E-state index contributed by atoms with van der Waals surface area (Å²) in [6.45, 7) is 0. The lowest BCUT2D eigenvalue weighted by molar-refractivity contribution is -0.884. The predicted octanol–water partition coefficient (Wildman–Crippen LogP) is -2.14. The summed E-state index contributed by atoms with van der Waals surface area (Å²) < 4.78 is 58.2. The van der Waals surface area contributed by atoms with E-state index in [1.807, 2.05) is 0 Å². The van der Waals surface area contributed by atoms with Gasteiger partial charge in [-0.25, -0.2) is 13.2 Å². The van der Waals surface area contributed by atoms with Gasteiger partial charge in [-0.3, -0.25) is 9.04 Å². The van der Waals surface area contributed by atoms with Crippen LogP contribution in [0.15, 0.2) is 0 Å². The van der Waals surface area contributed by atoms with Crippen LogP contribution in [0.4, 0.5) is 0 Å². The fraction of sp³-hybridized carbons (Fsp3) is 0.800. The number of hydrogen-bond donors (Lipinski definition) is 2. The molecule has 0 bridgehead atoms. The van der Waals surface area contributed by atoms with Crippen LogP contribution >= 0.6 is 0 Å². The van der Waals surface area contributed by atoms with Crippen LogP contribution in [0.2, 0.25) is 0 Å². The highest BCUT2D eigenvalue weighted by Gasteiger charge is 2.68. The van der Waals surface area contributed by atoms with Crippen molar-refractivity contribution < 1.29 is 40.3 Å². The summed E-state index contributed by atoms with van der Waals surface area (Å²) in [7, 11) is -8.99. The van der Waals surface area contributed by atoms with E-state index in [1.165, 1.54) is 0 Å². The normalized spacial score (nSPS) is 17.8. The van der Waals surface area contributed by atoms with Gasteiger partial charge in [0.05, 0.1) is 21.1 Å². The minimum atomic E-state index is -5.86. The number of hydrogen-bond acceptors (Lipinski definition) is 6. The Hall–Kier alpha value is -0.750. The van der Waals surface area contributed by atoms with Crippen molar-refractivity contribution in [1.29, 1.82) is 0 Å². The summed E-state index contributed by atoms with van der Waals surface area (Å²) in [5.41, 5.74) is 0. The second-order valence-corrected chi connectivity index (χ2v) is 7.13. The number of quaternary nitrogens is 1. The van der Waals surface area contributed by atoms with Gasteiger partial charge in [0.2, 0.25) is 0 Å². The van der Waals surface area contributed by atoms with Gasteiger partial charge in [0.1, 0.15) is 0 Å². The van der Waals surface area contributed by atoms with E-state index in [4.69, 9.17) is 9.66 Å². The Morgan fingerprint density at radius 1 is 1.19 bits per heavy atom. The molecule has 0 aliphatic rings. The lowest BCUT2D eigenvalue weighted by atomic mass is 10.5. The standard InChI is InChI=1S/C5H11NO8S2/c1-6(2,3)5(4(7)8,15(9,10)11)16(12,13)14/h1-3H3,(H2-,7,8,9,10,11,12,13,14). The van der Waals surface area contributed by atoms with E-state index < -0.39 is 34.9 Å². The Morgan fingerprint density at radius 3 is 1.50 bits per heavy atom. The van der Waals surface area contributed by atoms with Gasteiger partial charge in [-0.2, -0.15) is 8.42 Å². The van der Waals surface area contributed by atoms with Crippen molar-refractivity contribution >= 4 is 26.2 Å². The van der Waals surface area contributed by atoms with Crippen molar-refractivity contribution in [2.24, 2.45) is 0 Å². The van der Waals surface area contributed by atoms with Gasteiger partial charge in [-0.15, -0.1) is 0 Å². The van der Waals surface area contributed by atoms with E-state index >= 15 is 0 Å². The summed E-state index contributed by atoms with van der Waals surface area (Å²) in [5, 5.41) is 8.70. The van der Waals surface area contributed by atoms with Crippen LogP contribution in [0, 0.1) is 0 Å². The zero-order valence-corrected chi connectivity index (χ0v) is 10.2. The zero-order chi connectivity index (χ0) is 13.6. The first-order chi connectivity index (χ1) is 6.69. The third kappa shape index (κ3) is 1.91. The smallest absolute Gasteiger partial charge is 0.408 e. The van der Waals surface area contributed by atoms with Crippen molar-refractivity contribution in [3.8, 4) is 0 Å². The van der Waals surface area contributed by atoms with Gasteiger partial charge >= 0.3 is 20.3 Å². The summed E-state index contributed by atoms with van der Waals surface area (Å²) >= 11 is 0. The molecule has 11 heteroatoms. The molecule has 0 heterocycles. The summed E-state index contributed by atoms with van der Waals surface area (Å²) in [5.74, 6) is -2.46. The van der Waals surface area contributed by atoms with Crippen LogP contribution in [0.1, 0.15) is 0 Å². The van der Waals surface area contributed by atoms with E-state index in [0.717, 1.165) is 21.1 Å². The van der Waals surface area contributed by atoms with E-state index in [9.17, 15) is 26.2 Å². The SMILES string of the molecule is C[N+](C)(C)C(C(=O)O)(S(=O)(=O)[O-])S(=O)(=O)O. The highest BCUT2D eigenvalue weighted by molar-refractivity contribution is 8.06. The molecule has 0 fully saturated rings. The highest BCUT2D eigenvalue weighted by Crippen LogP contribution is 2.30. The fourth-order valence-corrected chi connectivity index (χ4v) is 4.14. The van der Waals surface area contributed by atoms with Crippen LogP contribution < -0.4 is 0 Å². The van der Waals surface area contributed by atoms with Crippen molar-refractivity contribution in [3.63, 3.8) is 0 Å². The highest BCUT2D eigenvalue weighted by atomic mass is 32.3. The maximum Gasteiger partial charge on any atom is 0.408 e. The average molecular weight is 277 g/mol. The van der Waals surface area contributed by atoms with E-state index in [2.05, 4.69) is 0 Å².